The van der Waals surface area contributed by atoms with Crippen LogP contribution >= 0.6 is 92.8 Å². The number of phenolic OH excluding ortho intramolecular Hbond substituents is 4. The molecule has 0 saturated carbocycles. The van der Waals surface area contributed by atoms with Gasteiger partial charge in [-0.2, -0.15) is 0 Å². The van der Waals surface area contributed by atoms with Crippen LogP contribution in [0.25, 0.3) is 0 Å². The highest BCUT2D eigenvalue weighted by Crippen LogP contribution is 2.46. The van der Waals surface area contributed by atoms with E-state index in [-0.39, 0.29) is 63.2 Å². The van der Waals surface area contributed by atoms with Crippen molar-refractivity contribution in [3.05, 3.63) is 111 Å². The number of aromatic hydroxyl groups is 4. The predicted molar refractivity (Wildman–Crippen MR) is 165 cm³/mol. The Kier molecular flexibility index (Phi) is 9.97. The van der Waals surface area contributed by atoms with Crippen molar-refractivity contribution < 1.29 is 20.4 Å². The molecule has 4 aromatic carbocycles. The summed E-state index contributed by atoms with van der Waals surface area (Å²) in [6.45, 7) is 0. The lowest BCUT2D eigenvalue weighted by Crippen LogP contribution is -2.08. The summed E-state index contributed by atoms with van der Waals surface area (Å²) in [6.07, 6.45) is 0.817. The number of rotatable bonds is 7. The molecule has 0 radical (unpaired) electrons. The maximum Gasteiger partial charge on any atom is 0.152 e. The molecule has 0 aliphatic heterocycles. The van der Waals surface area contributed by atoms with Gasteiger partial charge in [0, 0.05) is 11.8 Å². The molecule has 0 unspecified atom stereocenters. The van der Waals surface area contributed by atoms with Crippen LogP contribution in [-0.4, -0.2) is 20.4 Å². The smallest absolute Gasteiger partial charge is 0.152 e. The van der Waals surface area contributed by atoms with Crippen molar-refractivity contribution in [1.29, 1.82) is 0 Å². The average Bonchev–Trinajstić information content (AvgIpc) is 2.89. The summed E-state index contributed by atoms with van der Waals surface area (Å²) in [5.74, 6) is -1.89. The van der Waals surface area contributed by atoms with E-state index in [9.17, 15) is 20.4 Å². The van der Waals surface area contributed by atoms with Crippen molar-refractivity contribution in [1.82, 2.24) is 0 Å². The molecule has 0 aliphatic carbocycles. The molecular weight excluding hydrogens is 684 g/mol. The molecule has 4 nitrogen and oxygen atoms in total. The zero-order chi connectivity index (χ0) is 29.5. The third kappa shape index (κ3) is 6.56. The Morgan fingerprint density at radius 2 is 0.500 bits per heavy atom. The van der Waals surface area contributed by atoms with Crippen LogP contribution in [-0.2, 0) is 0 Å². The fourth-order valence-corrected chi connectivity index (χ4v) is 6.55. The minimum atomic E-state index is -0.431. The van der Waals surface area contributed by atoms with Gasteiger partial charge in [0.1, 0.15) is 0 Å². The van der Waals surface area contributed by atoms with Crippen molar-refractivity contribution in [2.45, 2.75) is 24.7 Å². The van der Waals surface area contributed by atoms with Crippen molar-refractivity contribution >= 4 is 92.8 Å². The topological polar surface area (TPSA) is 80.9 Å². The van der Waals surface area contributed by atoms with Gasteiger partial charge in [0.2, 0.25) is 0 Å². The second-order valence-corrected chi connectivity index (χ2v) is 12.3. The summed E-state index contributed by atoms with van der Waals surface area (Å²) in [5, 5.41) is 41.0. The molecule has 0 saturated heterocycles. The van der Waals surface area contributed by atoms with E-state index in [4.69, 9.17) is 92.8 Å². The zero-order valence-electron chi connectivity index (χ0n) is 20.0. The van der Waals surface area contributed by atoms with Gasteiger partial charge >= 0.3 is 0 Å². The number of halogens is 8. The lowest BCUT2D eigenvalue weighted by atomic mass is 9.81. The van der Waals surface area contributed by atoms with Crippen molar-refractivity contribution in [2.24, 2.45) is 0 Å². The molecule has 0 atom stereocenters. The molecule has 0 heterocycles. The Labute approximate surface area is 270 Å². The van der Waals surface area contributed by atoms with E-state index in [1.807, 2.05) is 0 Å². The van der Waals surface area contributed by atoms with Crippen LogP contribution in [0.1, 0.15) is 46.9 Å². The van der Waals surface area contributed by atoms with E-state index in [1.54, 1.807) is 48.5 Å². The first-order valence-electron chi connectivity index (χ1n) is 11.5. The second-order valence-electron chi connectivity index (χ2n) is 9.02. The summed E-state index contributed by atoms with van der Waals surface area (Å²) in [6, 6.07) is 12.7. The van der Waals surface area contributed by atoms with E-state index in [0.717, 1.165) is 0 Å². The van der Waals surface area contributed by atoms with Crippen LogP contribution < -0.4 is 0 Å². The molecule has 0 aromatic heterocycles. The van der Waals surface area contributed by atoms with Crippen LogP contribution in [0.3, 0.4) is 0 Å². The SMILES string of the molecule is Oc1c(Cl)cc(C(CCC(c2cc(Cl)c(O)c(Cl)c2)c2cc(Cl)c(O)c(Cl)c2)c2cc(Cl)c(O)c(Cl)c2)cc1Cl. The van der Waals surface area contributed by atoms with Crippen LogP contribution in [0.5, 0.6) is 23.0 Å². The minimum Gasteiger partial charge on any atom is -0.505 e. The van der Waals surface area contributed by atoms with E-state index in [2.05, 4.69) is 0 Å². The van der Waals surface area contributed by atoms with Crippen LogP contribution in [0.15, 0.2) is 48.5 Å². The second kappa shape index (κ2) is 12.7. The van der Waals surface area contributed by atoms with E-state index < -0.39 is 11.8 Å². The van der Waals surface area contributed by atoms with Crippen molar-refractivity contribution in [2.75, 3.05) is 0 Å². The largest absolute Gasteiger partial charge is 0.505 e. The van der Waals surface area contributed by atoms with Gasteiger partial charge in [-0.15, -0.1) is 0 Å². The Balaban J connectivity index is 1.85. The minimum absolute atomic E-state index is 0.0502. The molecule has 0 spiro atoms. The first kappa shape index (κ1) is 31.3. The Morgan fingerprint density at radius 1 is 0.350 bits per heavy atom. The molecule has 0 aliphatic rings. The summed E-state index contributed by atoms with van der Waals surface area (Å²) < 4.78 is 0. The Hall–Kier alpha value is -1.60. The lowest BCUT2D eigenvalue weighted by molar-refractivity contribution is 0.473. The van der Waals surface area contributed by atoms with Gasteiger partial charge < -0.3 is 20.4 Å². The zero-order valence-corrected chi connectivity index (χ0v) is 26.0. The molecule has 0 bridgehead atoms. The van der Waals surface area contributed by atoms with E-state index >= 15 is 0 Å². The summed E-state index contributed by atoms with van der Waals surface area (Å²) in [7, 11) is 0. The molecule has 0 amide bonds. The number of benzene rings is 4. The molecule has 4 aromatic rings. The van der Waals surface area contributed by atoms with Gasteiger partial charge in [0.15, 0.2) is 23.0 Å². The van der Waals surface area contributed by atoms with E-state index in [1.165, 1.54) is 0 Å². The number of hydrogen-bond donors (Lipinski definition) is 4. The monoisotopic (exact) mass is 698 g/mol. The first-order chi connectivity index (χ1) is 18.8. The highest BCUT2D eigenvalue weighted by Gasteiger charge is 2.25. The van der Waals surface area contributed by atoms with Crippen LogP contribution in [0.4, 0.5) is 0 Å². The fourth-order valence-electron chi connectivity index (χ4n) is 4.53. The lowest BCUT2D eigenvalue weighted by Gasteiger charge is -2.25. The summed E-state index contributed by atoms with van der Waals surface area (Å²) in [4.78, 5) is 0. The number of hydrogen-bond acceptors (Lipinski definition) is 4. The average molecular weight is 702 g/mol. The standard InChI is InChI=1S/C28H18Cl8O4/c29-17-3-11(4-18(30)25(17)37)15(12-5-19(31)26(38)20(32)6-12)1-2-16(13-7-21(33)27(39)22(34)8-13)14-9-23(35)28(40)24(36)10-14/h3-10,15-16,37-40H,1-2H2. The predicted octanol–water partition coefficient (Wildman–Crippen LogP) is 11.5. The van der Waals surface area contributed by atoms with E-state index in [0.29, 0.717) is 35.1 Å². The van der Waals surface area contributed by atoms with Gasteiger partial charge in [-0.05, 0) is 83.6 Å². The third-order valence-corrected chi connectivity index (χ3v) is 8.82. The van der Waals surface area contributed by atoms with Crippen LogP contribution in [0.2, 0.25) is 40.2 Å². The van der Waals surface area contributed by atoms with Gasteiger partial charge in [-0.3, -0.25) is 0 Å². The van der Waals surface area contributed by atoms with Gasteiger partial charge in [-0.25, -0.2) is 0 Å². The van der Waals surface area contributed by atoms with Crippen molar-refractivity contribution in [3.8, 4) is 23.0 Å². The fraction of sp³-hybridized carbons (Fsp3) is 0.143. The molecule has 4 N–H and O–H groups in total. The van der Waals surface area contributed by atoms with Gasteiger partial charge in [0.05, 0.1) is 40.2 Å². The normalized spacial score (nSPS) is 11.6. The molecule has 12 heteroatoms. The molecule has 40 heavy (non-hydrogen) atoms. The quantitative estimate of drug-likeness (QED) is 0.155. The van der Waals surface area contributed by atoms with Gasteiger partial charge in [0.25, 0.3) is 0 Å². The molecule has 4 rings (SSSR count). The van der Waals surface area contributed by atoms with Gasteiger partial charge in [-0.1, -0.05) is 92.8 Å². The third-order valence-electron chi connectivity index (χ3n) is 6.51. The first-order valence-corrected chi connectivity index (χ1v) is 14.5. The Bertz CT molecular complexity index is 1280. The number of phenols is 4. The Morgan fingerprint density at radius 3 is 0.650 bits per heavy atom. The highest BCUT2D eigenvalue weighted by atomic mass is 35.5. The summed E-state index contributed by atoms with van der Waals surface area (Å²) >= 11 is 50.1. The molecular formula is C28H18Cl8O4. The summed E-state index contributed by atoms with van der Waals surface area (Å²) in [5.41, 5.74) is 2.58. The maximum absolute atomic E-state index is 10.1. The highest BCUT2D eigenvalue weighted by molar-refractivity contribution is 6.39. The molecule has 210 valence electrons. The van der Waals surface area contributed by atoms with Crippen molar-refractivity contribution in [3.63, 3.8) is 0 Å². The van der Waals surface area contributed by atoms with Crippen LogP contribution in [0, 0.1) is 0 Å². The molecule has 0 fully saturated rings. The maximum atomic E-state index is 10.1.